The Bertz CT molecular complexity index is 915. The van der Waals surface area contributed by atoms with E-state index in [-0.39, 0.29) is 23.5 Å². The Morgan fingerprint density at radius 1 is 1.28 bits per heavy atom. The minimum absolute atomic E-state index is 0.102. The molecule has 1 aromatic heterocycles. The van der Waals surface area contributed by atoms with Crippen LogP contribution in [0.1, 0.15) is 22.3 Å². The SMILES string of the molecule is Cc1ccc(Cl)cc1NC(=O)c1cncc(NC2CCS(=O)(=O)C2)c1. The molecular weight excluding hydrogens is 362 g/mol. The van der Waals surface area contributed by atoms with Crippen molar-refractivity contribution in [2.45, 2.75) is 19.4 Å². The van der Waals surface area contributed by atoms with Crippen LogP contribution in [0.25, 0.3) is 0 Å². The summed E-state index contributed by atoms with van der Waals surface area (Å²) < 4.78 is 23.1. The van der Waals surface area contributed by atoms with E-state index in [1.54, 1.807) is 24.4 Å². The molecule has 0 aliphatic carbocycles. The van der Waals surface area contributed by atoms with Crippen LogP contribution in [-0.2, 0) is 9.84 Å². The molecule has 0 spiro atoms. The Hall–Kier alpha value is -2.12. The number of nitrogens with zero attached hydrogens (tertiary/aromatic N) is 1. The van der Waals surface area contributed by atoms with Crippen LogP contribution in [0.15, 0.2) is 36.7 Å². The quantitative estimate of drug-likeness (QED) is 0.852. The van der Waals surface area contributed by atoms with Crippen molar-refractivity contribution in [3.05, 3.63) is 52.8 Å². The number of carbonyl (C=O) groups excluding carboxylic acids is 1. The van der Waals surface area contributed by atoms with Crippen molar-refractivity contribution >= 4 is 38.7 Å². The van der Waals surface area contributed by atoms with Gasteiger partial charge in [-0.15, -0.1) is 0 Å². The van der Waals surface area contributed by atoms with E-state index in [0.29, 0.717) is 28.4 Å². The molecule has 1 atom stereocenters. The minimum atomic E-state index is -2.97. The highest BCUT2D eigenvalue weighted by atomic mass is 35.5. The van der Waals surface area contributed by atoms with Crippen LogP contribution >= 0.6 is 11.6 Å². The summed E-state index contributed by atoms with van der Waals surface area (Å²) in [5.41, 5.74) is 2.54. The largest absolute Gasteiger partial charge is 0.380 e. The zero-order valence-electron chi connectivity index (χ0n) is 13.6. The Kier molecular flexibility index (Phi) is 4.96. The summed E-state index contributed by atoms with van der Waals surface area (Å²) >= 11 is 5.97. The Labute approximate surface area is 151 Å². The fourth-order valence-corrected chi connectivity index (χ4v) is 4.56. The van der Waals surface area contributed by atoms with Gasteiger partial charge in [0.25, 0.3) is 5.91 Å². The van der Waals surface area contributed by atoms with Gasteiger partial charge < -0.3 is 10.6 Å². The van der Waals surface area contributed by atoms with Crippen LogP contribution in [-0.4, -0.2) is 36.9 Å². The van der Waals surface area contributed by atoms with Gasteiger partial charge in [-0.05, 0) is 37.1 Å². The molecule has 1 unspecified atom stereocenters. The minimum Gasteiger partial charge on any atom is -0.380 e. The first-order valence-electron chi connectivity index (χ1n) is 7.82. The smallest absolute Gasteiger partial charge is 0.257 e. The molecule has 25 heavy (non-hydrogen) atoms. The van der Waals surface area contributed by atoms with E-state index in [0.717, 1.165) is 5.56 Å². The van der Waals surface area contributed by atoms with E-state index in [9.17, 15) is 13.2 Å². The van der Waals surface area contributed by atoms with Crippen LogP contribution in [0.2, 0.25) is 5.02 Å². The first kappa shape index (κ1) is 17.7. The zero-order chi connectivity index (χ0) is 18.0. The van der Waals surface area contributed by atoms with Crippen molar-refractivity contribution in [3.63, 3.8) is 0 Å². The van der Waals surface area contributed by atoms with Crippen molar-refractivity contribution in [3.8, 4) is 0 Å². The van der Waals surface area contributed by atoms with E-state index in [2.05, 4.69) is 15.6 Å². The molecule has 1 aliphatic heterocycles. The third-order valence-electron chi connectivity index (χ3n) is 4.05. The first-order valence-corrected chi connectivity index (χ1v) is 10.0. The standard InChI is InChI=1S/C17H18ClN3O3S/c1-11-2-3-13(18)7-16(11)21-17(22)12-6-15(9-19-8-12)20-14-4-5-25(23,24)10-14/h2-3,6-9,14,20H,4-5,10H2,1H3,(H,21,22). The molecule has 0 radical (unpaired) electrons. The number of aromatic nitrogens is 1. The Morgan fingerprint density at radius 3 is 2.80 bits per heavy atom. The summed E-state index contributed by atoms with van der Waals surface area (Å²) in [4.78, 5) is 16.5. The molecule has 2 N–H and O–H groups in total. The number of benzene rings is 1. The maximum Gasteiger partial charge on any atom is 0.257 e. The fourth-order valence-electron chi connectivity index (χ4n) is 2.71. The van der Waals surface area contributed by atoms with Gasteiger partial charge in [0.05, 0.1) is 22.8 Å². The van der Waals surface area contributed by atoms with Crippen molar-refractivity contribution < 1.29 is 13.2 Å². The van der Waals surface area contributed by atoms with Crippen LogP contribution < -0.4 is 10.6 Å². The lowest BCUT2D eigenvalue weighted by Gasteiger charge is -2.13. The lowest BCUT2D eigenvalue weighted by atomic mass is 10.1. The molecule has 6 nitrogen and oxygen atoms in total. The molecule has 3 rings (SSSR count). The Balaban J connectivity index is 1.72. The highest BCUT2D eigenvalue weighted by molar-refractivity contribution is 7.91. The van der Waals surface area contributed by atoms with Crippen LogP contribution in [0.3, 0.4) is 0 Å². The third-order valence-corrected chi connectivity index (χ3v) is 6.05. The summed E-state index contributed by atoms with van der Waals surface area (Å²) in [6.07, 6.45) is 3.60. The number of sulfone groups is 1. The van der Waals surface area contributed by atoms with E-state index < -0.39 is 9.84 Å². The summed E-state index contributed by atoms with van der Waals surface area (Å²) in [6.45, 7) is 1.88. The van der Waals surface area contributed by atoms with Gasteiger partial charge in [-0.2, -0.15) is 0 Å². The first-order chi connectivity index (χ1) is 11.8. The van der Waals surface area contributed by atoms with Gasteiger partial charge in [0, 0.05) is 29.1 Å². The fraction of sp³-hybridized carbons (Fsp3) is 0.294. The number of pyridine rings is 1. The molecule has 0 bridgehead atoms. The third kappa shape index (κ3) is 4.49. The van der Waals surface area contributed by atoms with Crippen LogP contribution in [0.5, 0.6) is 0 Å². The second-order valence-corrected chi connectivity index (χ2v) is 8.79. The molecule has 1 amide bonds. The number of hydrogen-bond donors (Lipinski definition) is 2. The maximum absolute atomic E-state index is 12.5. The second-order valence-electron chi connectivity index (χ2n) is 6.12. The predicted octanol–water partition coefficient (Wildman–Crippen LogP) is 2.89. The zero-order valence-corrected chi connectivity index (χ0v) is 15.2. The monoisotopic (exact) mass is 379 g/mol. The number of hydrogen-bond acceptors (Lipinski definition) is 5. The van der Waals surface area contributed by atoms with Crippen molar-refractivity contribution in [1.29, 1.82) is 0 Å². The average Bonchev–Trinajstić information content (AvgIpc) is 2.90. The molecule has 1 aliphatic rings. The molecule has 8 heteroatoms. The number of nitrogens with one attached hydrogen (secondary N) is 2. The average molecular weight is 380 g/mol. The molecule has 0 saturated carbocycles. The van der Waals surface area contributed by atoms with Gasteiger partial charge in [-0.1, -0.05) is 17.7 Å². The summed E-state index contributed by atoms with van der Waals surface area (Å²) in [7, 11) is -2.97. The summed E-state index contributed by atoms with van der Waals surface area (Å²) in [6, 6.07) is 6.78. The molecule has 1 aromatic carbocycles. The number of carbonyl (C=O) groups is 1. The van der Waals surface area contributed by atoms with E-state index in [4.69, 9.17) is 11.6 Å². The topological polar surface area (TPSA) is 88.2 Å². The van der Waals surface area contributed by atoms with Gasteiger partial charge in [0.1, 0.15) is 0 Å². The van der Waals surface area contributed by atoms with Gasteiger partial charge in [0.15, 0.2) is 9.84 Å². The second kappa shape index (κ2) is 7.01. The van der Waals surface area contributed by atoms with E-state index in [1.165, 1.54) is 6.20 Å². The molecule has 132 valence electrons. The predicted molar refractivity (Wildman–Crippen MR) is 99.1 cm³/mol. The highest BCUT2D eigenvalue weighted by Crippen LogP contribution is 2.22. The van der Waals surface area contributed by atoms with Crippen molar-refractivity contribution in [2.75, 3.05) is 22.1 Å². The van der Waals surface area contributed by atoms with E-state index in [1.807, 2.05) is 13.0 Å². The molecule has 1 saturated heterocycles. The summed E-state index contributed by atoms with van der Waals surface area (Å²) in [5.74, 6) is -0.0159. The molecule has 2 aromatic rings. The molecule has 1 fully saturated rings. The van der Waals surface area contributed by atoms with Gasteiger partial charge in [-0.3, -0.25) is 9.78 Å². The number of aryl methyl sites for hydroxylation is 1. The van der Waals surface area contributed by atoms with E-state index >= 15 is 0 Å². The number of halogens is 1. The lowest BCUT2D eigenvalue weighted by Crippen LogP contribution is -2.21. The number of anilines is 2. The lowest BCUT2D eigenvalue weighted by molar-refractivity contribution is 0.102. The van der Waals surface area contributed by atoms with Gasteiger partial charge >= 0.3 is 0 Å². The number of rotatable bonds is 4. The molecular formula is C17H18ClN3O3S. The normalized spacial score (nSPS) is 18.7. The van der Waals surface area contributed by atoms with Crippen molar-refractivity contribution in [1.82, 2.24) is 4.98 Å². The van der Waals surface area contributed by atoms with Crippen LogP contribution in [0, 0.1) is 6.92 Å². The van der Waals surface area contributed by atoms with Crippen molar-refractivity contribution in [2.24, 2.45) is 0 Å². The number of amides is 1. The molecule has 2 heterocycles. The Morgan fingerprint density at radius 2 is 2.08 bits per heavy atom. The van der Waals surface area contributed by atoms with Gasteiger partial charge in [-0.25, -0.2) is 8.42 Å². The maximum atomic E-state index is 12.5. The van der Waals surface area contributed by atoms with Gasteiger partial charge in [0.2, 0.25) is 0 Å². The van der Waals surface area contributed by atoms with Crippen LogP contribution in [0.4, 0.5) is 11.4 Å². The summed E-state index contributed by atoms with van der Waals surface area (Å²) in [5, 5.41) is 6.49. The highest BCUT2D eigenvalue weighted by Gasteiger charge is 2.27.